The minimum Gasteiger partial charge on any atom is -0.444 e. The van der Waals surface area contributed by atoms with Crippen LogP contribution in [0.15, 0.2) is 30.3 Å². The van der Waals surface area contributed by atoms with Crippen LogP contribution in [0, 0.1) is 23.2 Å². The molecule has 4 fully saturated rings. The van der Waals surface area contributed by atoms with E-state index < -0.39 is 42.3 Å². The lowest BCUT2D eigenvalue weighted by Crippen LogP contribution is -2.65. The second-order valence-electron chi connectivity index (χ2n) is 14.6. The fourth-order valence-corrected chi connectivity index (χ4v) is 6.97. The molecule has 1 heterocycles. The van der Waals surface area contributed by atoms with Crippen LogP contribution in [0.5, 0.6) is 0 Å². The molecule has 0 aromatic heterocycles. The zero-order chi connectivity index (χ0) is 30.9. The third kappa shape index (κ3) is 7.49. The normalized spacial score (nSPS) is 27.4. The number of amides is 3. The van der Waals surface area contributed by atoms with E-state index in [2.05, 4.69) is 50.6 Å². The van der Waals surface area contributed by atoms with Crippen LogP contribution in [0.1, 0.15) is 86.6 Å². The van der Waals surface area contributed by atoms with Gasteiger partial charge in [-0.3, -0.25) is 9.59 Å². The number of alkyl carbamates (subject to hydrolysis) is 1. The van der Waals surface area contributed by atoms with Gasteiger partial charge in [-0.2, -0.15) is 0 Å². The molecule has 4 aliphatic rings. The van der Waals surface area contributed by atoms with Gasteiger partial charge in [-0.05, 0) is 82.1 Å². The van der Waals surface area contributed by atoms with E-state index in [0.717, 1.165) is 18.4 Å². The summed E-state index contributed by atoms with van der Waals surface area (Å²) < 4.78 is 18.6. The molecule has 3 amide bonds. The highest BCUT2D eigenvalue weighted by atomic mass is 16.7. The Balaban J connectivity index is 1.43. The molecule has 3 N–H and O–H groups in total. The second-order valence-corrected chi connectivity index (χ2v) is 14.6. The number of rotatable bonds is 11. The van der Waals surface area contributed by atoms with Gasteiger partial charge in [0, 0.05) is 13.0 Å². The molecular weight excluding hydrogens is 533 g/mol. The number of hydrogen-bond donors (Lipinski definition) is 3. The average Bonchev–Trinajstić information content (AvgIpc) is 3.25. The molecule has 0 unspecified atom stereocenters. The van der Waals surface area contributed by atoms with Crippen molar-refractivity contribution in [2.75, 3.05) is 6.54 Å². The number of carbonyl (C=O) groups is 3. The summed E-state index contributed by atoms with van der Waals surface area (Å²) in [6.07, 6.45) is 2.84. The quantitative estimate of drug-likeness (QED) is 0.332. The van der Waals surface area contributed by atoms with Gasteiger partial charge in [0.25, 0.3) is 0 Å². The largest absolute Gasteiger partial charge is 0.481 e. The van der Waals surface area contributed by atoms with Crippen molar-refractivity contribution in [1.82, 2.24) is 16.0 Å². The van der Waals surface area contributed by atoms with Gasteiger partial charge in [0.2, 0.25) is 11.8 Å². The Morgan fingerprint density at radius 2 is 1.76 bits per heavy atom. The van der Waals surface area contributed by atoms with Gasteiger partial charge in [0.15, 0.2) is 0 Å². The highest BCUT2D eigenvalue weighted by Gasteiger charge is 2.68. The first kappa shape index (κ1) is 32.3. The molecule has 1 aromatic carbocycles. The van der Waals surface area contributed by atoms with Crippen molar-refractivity contribution in [3.05, 3.63) is 35.9 Å². The Kier molecular flexibility index (Phi) is 9.67. The number of benzene rings is 1. The Morgan fingerprint density at radius 1 is 1.07 bits per heavy atom. The predicted octanol–water partition coefficient (Wildman–Crippen LogP) is 4.43. The number of carbonyl (C=O) groups excluding carboxylic acids is 3. The van der Waals surface area contributed by atoms with Gasteiger partial charge in [-0.1, -0.05) is 58.0 Å². The van der Waals surface area contributed by atoms with Crippen LogP contribution >= 0.6 is 0 Å². The molecule has 0 radical (unpaired) electrons. The summed E-state index contributed by atoms with van der Waals surface area (Å²) in [5, 5.41) is 8.59. The molecule has 3 saturated carbocycles. The summed E-state index contributed by atoms with van der Waals surface area (Å²) in [5.41, 5.74) is 0.123. The predicted molar refractivity (Wildman–Crippen MR) is 162 cm³/mol. The van der Waals surface area contributed by atoms with Gasteiger partial charge < -0.3 is 30.0 Å². The first-order valence-corrected chi connectivity index (χ1v) is 15.5. The van der Waals surface area contributed by atoms with Gasteiger partial charge >= 0.3 is 13.2 Å². The molecule has 6 atom stereocenters. The zero-order valence-corrected chi connectivity index (χ0v) is 26.6. The van der Waals surface area contributed by atoms with Crippen LogP contribution in [0.3, 0.4) is 0 Å². The van der Waals surface area contributed by atoms with Crippen LogP contribution < -0.4 is 16.0 Å². The van der Waals surface area contributed by atoms with E-state index in [1.54, 1.807) is 20.8 Å². The Morgan fingerprint density at radius 3 is 2.38 bits per heavy atom. The minimum absolute atomic E-state index is 0.00886. The summed E-state index contributed by atoms with van der Waals surface area (Å²) in [4.78, 5) is 39.1. The molecule has 2 bridgehead atoms. The van der Waals surface area contributed by atoms with Gasteiger partial charge in [-0.15, -0.1) is 0 Å². The monoisotopic (exact) mass is 583 g/mol. The molecule has 3 aliphatic carbocycles. The Labute approximate surface area is 251 Å². The smallest absolute Gasteiger partial charge is 0.444 e. The molecule has 1 aromatic rings. The van der Waals surface area contributed by atoms with Crippen molar-refractivity contribution in [2.45, 2.75) is 117 Å². The Hall–Kier alpha value is -2.59. The lowest BCUT2D eigenvalue weighted by molar-refractivity contribution is -0.199. The minimum atomic E-state index is -1.04. The van der Waals surface area contributed by atoms with E-state index in [0.29, 0.717) is 24.7 Å². The number of hydrogen-bond acceptors (Lipinski definition) is 6. The molecular formula is C32H50BN3O6. The van der Waals surface area contributed by atoms with E-state index in [4.69, 9.17) is 14.0 Å². The summed E-state index contributed by atoms with van der Waals surface area (Å²) in [5.74, 6) is 0.236. The van der Waals surface area contributed by atoms with Gasteiger partial charge in [-0.25, -0.2) is 4.79 Å². The van der Waals surface area contributed by atoms with E-state index in [1.165, 1.54) is 0 Å². The van der Waals surface area contributed by atoms with Crippen LogP contribution in [-0.2, 0) is 30.1 Å². The topological polar surface area (TPSA) is 115 Å². The van der Waals surface area contributed by atoms with Crippen molar-refractivity contribution in [1.29, 1.82) is 0 Å². The lowest BCUT2D eigenvalue weighted by Gasteiger charge is -2.64. The van der Waals surface area contributed by atoms with E-state index in [-0.39, 0.29) is 36.3 Å². The fraction of sp³-hybridized carbons (Fsp3) is 0.719. The van der Waals surface area contributed by atoms with Crippen molar-refractivity contribution < 1.29 is 28.4 Å². The van der Waals surface area contributed by atoms with Crippen LogP contribution in [0.4, 0.5) is 4.79 Å². The molecule has 1 aliphatic heterocycles. The average molecular weight is 584 g/mol. The lowest BCUT2D eigenvalue weighted by atomic mass is 9.43. The van der Waals surface area contributed by atoms with Crippen LogP contribution in [-0.4, -0.2) is 60.9 Å². The van der Waals surface area contributed by atoms with Gasteiger partial charge in [0.05, 0.1) is 17.6 Å². The summed E-state index contributed by atoms with van der Waals surface area (Å²) >= 11 is 0. The molecule has 10 heteroatoms. The van der Waals surface area contributed by atoms with E-state index in [9.17, 15) is 14.4 Å². The van der Waals surface area contributed by atoms with E-state index in [1.807, 2.05) is 30.3 Å². The standard InChI is InChI=1S/C32H50BN3O6/c1-20(2)16-26(33-41-25-18-22-17-24(31(22,6)7)32(25,8)42-33)36-28(38)23(35-29(39)40-30(3,4)5)19-34-27(37)15-14-21-12-10-9-11-13-21/h9-13,20,22-26H,14-19H2,1-8H3,(H,34,37)(H,35,39)(H,36,38)/t22-,23-,24-,25+,26-,32-/m0/s1. The number of nitrogens with one attached hydrogen (secondary N) is 3. The highest BCUT2D eigenvalue weighted by molar-refractivity contribution is 6.48. The Bertz CT molecular complexity index is 1120. The summed E-state index contributed by atoms with van der Waals surface area (Å²) in [6.45, 7) is 16.2. The zero-order valence-electron chi connectivity index (χ0n) is 26.6. The SMILES string of the molecule is CC(C)C[C@H](NC(=O)[C@H](CNC(=O)CCc1ccccc1)NC(=O)OC(C)(C)C)B1O[C@@H]2C[C@@H]3C[C@@H](C3(C)C)[C@]2(C)O1. The molecule has 42 heavy (non-hydrogen) atoms. The molecule has 232 valence electrons. The number of ether oxygens (including phenoxy) is 1. The highest BCUT2D eigenvalue weighted by Crippen LogP contribution is 2.65. The van der Waals surface area contributed by atoms with Crippen molar-refractivity contribution >= 4 is 25.0 Å². The van der Waals surface area contributed by atoms with E-state index >= 15 is 0 Å². The van der Waals surface area contributed by atoms with Crippen LogP contribution in [0.25, 0.3) is 0 Å². The number of aryl methyl sites for hydroxylation is 1. The molecule has 9 nitrogen and oxygen atoms in total. The summed E-state index contributed by atoms with van der Waals surface area (Å²) in [6, 6.07) is 8.70. The van der Waals surface area contributed by atoms with Crippen molar-refractivity contribution in [3.8, 4) is 0 Å². The molecule has 1 saturated heterocycles. The molecule has 5 rings (SSSR count). The van der Waals surface area contributed by atoms with Crippen molar-refractivity contribution in [3.63, 3.8) is 0 Å². The maximum absolute atomic E-state index is 13.7. The van der Waals surface area contributed by atoms with Crippen LogP contribution in [0.2, 0.25) is 0 Å². The van der Waals surface area contributed by atoms with Crippen molar-refractivity contribution in [2.24, 2.45) is 23.2 Å². The summed E-state index contributed by atoms with van der Waals surface area (Å²) in [7, 11) is -0.593. The third-order valence-electron chi connectivity index (χ3n) is 9.34. The first-order valence-electron chi connectivity index (χ1n) is 15.5. The first-order chi connectivity index (χ1) is 19.6. The fourth-order valence-electron chi connectivity index (χ4n) is 6.97. The second kappa shape index (κ2) is 12.6. The third-order valence-corrected chi connectivity index (χ3v) is 9.34. The molecule has 0 spiro atoms. The maximum atomic E-state index is 13.7. The maximum Gasteiger partial charge on any atom is 0.481 e. The van der Waals surface area contributed by atoms with Gasteiger partial charge in [0.1, 0.15) is 11.6 Å².